The Labute approximate surface area is 147 Å². The first-order valence-corrected chi connectivity index (χ1v) is 8.31. The molecule has 0 saturated heterocycles. The van der Waals surface area contributed by atoms with Crippen molar-refractivity contribution >= 4 is 22.6 Å². The SMILES string of the molecule is COc1ccc(NC(=O)Cc2coc3ccc(C(C)(C)C)cc23)cc1. The second-order valence-corrected chi connectivity index (χ2v) is 7.18. The van der Waals surface area contributed by atoms with Crippen molar-refractivity contribution in [2.75, 3.05) is 12.4 Å². The molecule has 0 fully saturated rings. The Hall–Kier alpha value is -2.75. The van der Waals surface area contributed by atoms with E-state index < -0.39 is 0 Å². The highest BCUT2D eigenvalue weighted by atomic mass is 16.5. The molecule has 3 rings (SSSR count). The van der Waals surface area contributed by atoms with Crippen LogP contribution >= 0.6 is 0 Å². The zero-order valence-electron chi connectivity index (χ0n) is 15.1. The average Bonchev–Trinajstić information content (AvgIpc) is 2.97. The van der Waals surface area contributed by atoms with Crippen molar-refractivity contribution in [3.05, 3.63) is 59.9 Å². The Balaban J connectivity index is 1.78. The maximum atomic E-state index is 12.4. The molecular formula is C21H23NO3. The van der Waals surface area contributed by atoms with Crippen LogP contribution in [-0.4, -0.2) is 13.0 Å². The van der Waals surface area contributed by atoms with E-state index in [1.54, 1.807) is 13.4 Å². The molecule has 1 heterocycles. The second-order valence-electron chi connectivity index (χ2n) is 7.18. The molecule has 0 aliphatic carbocycles. The first-order chi connectivity index (χ1) is 11.9. The van der Waals surface area contributed by atoms with E-state index in [9.17, 15) is 4.79 Å². The third-order valence-electron chi connectivity index (χ3n) is 4.24. The Morgan fingerprint density at radius 3 is 2.48 bits per heavy atom. The Kier molecular flexibility index (Phi) is 4.53. The second kappa shape index (κ2) is 6.63. The van der Waals surface area contributed by atoms with Crippen LogP contribution in [0.1, 0.15) is 31.9 Å². The van der Waals surface area contributed by atoms with Gasteiger partial charge in [0.15, 0.2) is 0 Å². The van der Waals surface area contributed by atoms with Crippen LogP contribution in [-0.2, 0) is 16.6 Å². The fourth-order valence-corrected chi connectivity index (χ4v) is 2.74. The average molecular weight is 337 g/mol. The van der Waals surface area contributed by atoms with Crippen molar-refractivity contribution < 1.29 is 13.9 Å². The summed E-state index contributed by atoms with van der Waals surface area (Å²) < 4.78 is 10.7. The van der Waals surface area contributed by atoms with Crippen LogP contribution in [0.15, 0.2) is 53.1 Å². The zero-order chi connectivity index (χ0) is 18.0. The minimum Gasteiger partial charge on any atom is -0.497 e. The number of anilines is 1. The van der Waals surface area contributed by atoms with Crippen molar-refractivity contribution in [3.63, 3.8) is 0 Å². The molecule has 130 valence electrons. The number of fused-ring (bicyclic) bond motifs is 1. The molecule has 3 aromatic rings. The Morgan fingerprint density at radius 1 is 1.12 bits per heavy atom. The van der Waals surface area contributed by atoms with Gasteiger partial charge in [0.25, 0.3) is 0 Å². The molecule has 1 N–H and O–H groups in total. The predicted octanol–water partition coefficient (Wildman–Crippen LogP) is 4.92. The molecule has 2 aromatic carbocycles. The number of benzene rings is 2. The van der Waals surface area contributed by atoms with Gasteiger partial charge in [-0.1, -0.05) is 26.8 Å². The fourth-order valence-electron chi connectivity index (χ4n) is 2.74. The standard InChI is InChI=1S/C21H23NO3/c1-21(2,3)15-5-10-19-18(12-15)14(13-25-19)11-20(23)22-16-6-8-17(24-4)9-7-16/h5-10,12-13H,11H2,1-4H3,(H,22,23). The Morgan fingerprint density at radius 2 is 1.84 bits per heavy atom. The summed E-state index contributed by atoms with van der Waals surface area (Å²) >= 11 is 0. The summed E-state index contributed by atoms with van der Waals surface area (Å²) in [7, 11) is 1.61. The lowest BCUT2D eigenvalue weighted by Gasteiger charge is -2.18. The van der Waals surface area contributed by atoms with E-state index in [4.69, 9.17) is 9.15 Å². The summed E-state index contributed by atoms with van der Waals surface area (Å²) in [5, 5.41) is 3.90. The lowest BCUT2D eigenvalue weighted by molar-refractivity contribution is -0.115. The van der Waals surface area contributed by atoms with Crippen molar-refractivity contribution in [3.8, 4) is 5.75 Å². The maximum Gasteiger partial charge on any atom is 0.228 e. The van der Waals surface area contributed by atoms with Crippen LogP contribution in [0.2, 0.25) is 0 Å². The molecule has 0 saturated carbocycles. The summed E-state index contributed by atoms with van der Waals surface area (Å²) in [4.78, 5) is 12.4. The number of hydrogen-bond donors (Lipinski definition) is 1. The van der Waals surface area contributed by atoms with E-state index in [1.807, 2.05) is 30.3 Å². The number of carbonyl (C=O) groups excluding carboxylic acids is 1. The summed E-state index contributed by atoms with van der Waals surface area (Å²) in [6.45, 7) is 6.51. The van der Waals surface area contributed by atoms with Gasteiger partial charge in [-0.2, -0.15) is 0 Å². The highest BCUT2D eigenvalue weighted by molar-refractivity contribution is 5.95. The number of hydrogen-bond acceptors (Lipinski definition) is 3. The van der Waals surface area contributed by atoms with Gasteiger partial charge in [-0.25, -0.2) is 0 Å². The lowest BCUT2D eigenvalue weighted by atomic mass is 9.86. The van der Waals surface area contributed by atoms with Gasteiger partial charge in [-0.15, -0.1) is 0 Å². The van der Waals surface area contributed by atoms with Gasteiger partial charge in [-0.3, -0.25) is 4.79 Å². The summed E-state index contributed by atoms with van der Waals surface area (Å²) in [5.74, 6) is 0.683. The predicted molar refractivity (Wildman–Crippen MR) is 100 cm³/mol. The van der Waals surface area contributed by atoms with Crippen molar-refractivity contribution in [1.29, 1.82) is 0 Å². The highest BCUT2D eigenvalue weighted by Crippen LogP contribution is 2.29. The molecule has 0 aliphatic heterocycles. The normalized spacial score (nSPS) is 11.5. The van der Waals surface area contributed by atoms with E-state index >= 15 is 0 Å². The van der Waals surface area contributed by atoms with E-state index in [2.05, 4.69) is 38.2 Å². The minimum absolute atomic E-state index is 0.0497. The zero-order valence-corrected chi connectivity index (χ0v) is 15.1. The Bertz CT molecular complexity index is 886. The molecule has 0 atom stereocenters. The maximum absolute atomic E-state index is 12.4. The van der Waals surface area contributed by atoms with Crippen LogP contribution in [0.25, 0.3) is 11.0 Å². The summed E-state index contributed by atoms with van der Waals surface area (Å²) in [6.07, 6.45) is 1.94. The molecule has 1 amide bonds. The van der Waals surface area contributed by atoms with Crippen LogP contribution in [0.3, 0.4) is 0 Å². The number of furan rings is 1. The van der Waals surface area contributed by atoms with E-state index in [0.29, 0.717) is 0 Å². The number of rotatable bonds is 4. The minimum atomic E-state index is -0.0750. The number of methoxy groups -OCH3 is 1. The molecule has 0 radical (unpaired) electrons. The van der Waals surface area contributed by atoms with E-state index in [-0.39, 0.29) is 17.7 Å². The van der Waals surface area contributed by atoms with E-state index in [0.717, 1.165) is 28.0 Å². The lowest BCUT2D eigenvalue weighted by Crippen LogP contribution is -2.14. The summed E-state index contributed by atoms with van der Waals surface area (Å²) in [5.41, 5.74) is 3.72. The number of ether oxygens (including phenoxy) is 1. The van der Waals surface area contributed by atoms with Crippen molar-refractivity contribution in [2.45, 2.75) is 32.6 Å². The number of amides is 1. The molecule has 4 nitrogen and oxygen atoms in total. The van der Waals surface area contributed by atoms with Gasteiger partial charge in [0, 0.05) is 16.6 Å². The van der Waals surface area contributed by atoms with Crippen LogP contribution in [0, 0.1) is 0 Å². The first kappa shape index (κ1) is 17.1. The topological polar surface area (TPSA) is 51.5 Å². The van der Waals surface area contributed by atoms with Crippen molar-refractivity contribution in [1.82, 2.24) is 0 Å². The highest BCUT2D eigenvalue weighted by Gasteiger charge is 2.17. The fraction of sp³-hybridized carbons (Fsp3) is 0.286. The number of carbonyl (C=O) groups is 1. The van der Waals surface area contributed by atoms with Gasteiger partial charge < -0.3 is 14.5 Å². The molecule has 0 bridgehead atoms. The molecule has 1 aromatic heterocycles. The monoisotopic (exact) mass is 337 g/mol. The number of nitrogens with one attached hydrogen (secondary N) is 1. The van der Waals surface area contributed by atoms with Crippen LogP contribution < -0.4 is 10.1 Å². The quantitative estimate of drug-likeness (QED) is 0.735. The molecule has 4 heteroatoms. The molecule has 0 unspecified atom stereocenters. The molecule has 25 heavy (non-hydrogen) atoms. The largest absolute Gasteiger partial charge is 0.497 e. The van der Waals surface area contributed by atoms with Gasteiger partial charge >= 0.3 is 0 Å². The third kappa shape index (κ3) is 3.85. The smallest absolute Gasteiger partial charge is 0.228 e. The van der Waals surface area contributed by atoms with E-state index in [1.165, 1.54) is 5.56 Å². The molecular weight excluding hydrogens is 314 g/mol. The van der Waals surface area contributed by atoms with Crippen LogP contribution in [0.4, 0.5) is 5.69 Å². The van der Waals surface area contributed by atoms with Gasteiger partial charge in [0.2, 0.25) is 5.91 Å². The first-order valence-electron chi connectivity index (χ1n) is 8.31. The van der Waals surface area contributed by atoms with Gasteiger partial charge in [0.1, 0.15) is 11.3 Å². The third-order valence-corrected chi connectivity index (χ3v) is 4.24. The molecule has 0 aliphatic rings. The van der Waals surface area contributed by atoms with Crippen LogP contribution in [0.5, 0.6) is 5.75 Å². The van der Waals surface area contributed by atoms with Gasteiger partial charge in [0.05, 0.1) is 19.8 Å². The molecule has 0 spiro atoms. The summed E-state index contributed by atoms with van der Waals surface area (Å²) in [6, 6.07) is 13.4. The van der Waals surface area contributed by atoms with Crippen molar-refractivity contribution in [2.24, 2.45) is 0 Å². The van der Waals surface area contributed by atoms with Gasteiger partial charge in [-0.05, 0) is 47.4 Å².